The van der Waals surface area contributed by atoms with Crippen molar-refractivity contribution in [2.24, 2.45) is 0 Å². The van der Waals surface area contributed by atoms with E-state index in [1.54, 1.807) is 0 Å². The van der Waals surface area contributed by atoms with Crippen LogP contribution in [0.15, 0.2) is 11.0 Å². The van der Waals surface area contributed by atoms with Gasteiger partial charge in [-0.25, -0.2) is 9.18 Å². The Morgan fingerprint density at radius 2 is 2.33 bits per heavy atom. The molecule has 1 heterocycles. The first-order valence-electron chi connectivity index (χ1n) is 4.48. The van der Waals surface area contributed by atoms with Gasteiger partial charge < -0.3 is 5.11 Å². The summed E-state index contributed by atoms with van der Waals surface area (Å²) in [6.45, 7) is 0. The Labute approximate surface area is 95.4 Å². The molecule has 1 N–H and O–H groups in total. The van der Waals surface area contributed by atoms with E-state index in [-0.39, 0.29) is 10.6 Å². The summed E-state index contributed by atoms with van der Waals surface area (Å²) >= 11 is 7.03. The summed E-state index contributed by atoms with van der Waals surface area (Å²) < 4.78 is 13.5. The molecule has 0 atom stereocenters. The molecule has 15 heavy (non-hydrogen) atoms. The number of carbonyl (C=O) groups is 1. The smallest absolute Gasteiger partial charge is 0.339 e. The first-order chi connectivity index (χ1) is 7.11. The highest BCUT2D eigenvalue weighted by molar-refractivity contribution is 7.99. The van der Waals surface area contributed by atoms with E-state index < -0.39 is 11.8 Å². The maximum Gasteiger partial charge on any atom is 0.339 e. The molecule has 0 bridgehead atoms. The normalized spacial score (nSPS) is 14.8. The van der Waals surface area contributed by atoms with E-state index in [4.69, 9.17) is 16.7 Å². The van der Waals surface area contributed by atoms with Crippen LogP contribution < -0.4 is 0 Å². The maximum absolute atomic E-state index is 13.5. The standard InChI is InChI=1S/C10H8ClFO2S/c11-6-4-5-2-1-3-15-9(5)7(8(6)12)10(13)14/h4H,1-3H2,(H,13,14). The van der Waals surface area contributed by atoms with Gasteiger partial charge in [0.1, 0.15) is 5.56 Å². The summed E-state index contributed by atoms with van der Waals surface area (Å²) in [6, 6.07) is 1.53. The van der Waals surface area contributed by atoms with Gasteiger partial charge in [-0.2, -0.15) is 0 Å². The van der Waals surface area contributed by atoms with Gasteiger partial charge in [-0.1, -0.05) is 11.6 Å². The largest absolute Gasteiger partial charge is 0.478 e. The zero-order valence-corrected chi connectivity index (χ0v) is 9.29. The summed E-state index contributed by atoms with van der Waals surface area (Å²) in [4.78, 5) is 11.5. The lowest BCUT2D eigenvalue weighted by molar-refractivity contribution is 0.0687. The summed E-state index contributed by atoms with van der Waals surface area (Å²) in [5.74, 6) is -1.24. The molecule has 0 amide bonds. The zero-order chi connectivity index (χ0) is 11.0. The van der Waals surface area contributed by atoms with E-state index in [0.717, 1.165) is 24.2 Å². The minimum atomic E-state index is -1.25. The SMILES string of the molecule is O=C(O)c1c(F)c(Cl)cc2c1SCCC2. The number of halogens is 2. The second-order valence-electron chi connectivity index (χ2n) is 3.29. The van der Waals surface area contributed by atoms with Crippen LogP contribution >= 0.6 is 23.4 Å². The molecule has 0 saturated carbocycles. The highest BCUT2D eigenvalue weighted by atomic mass is 35.5. The fourth-order valence-corrected chi connectivity index (χ4v) is 3.03. The molecule has 80 valence electrons. The van der Waals surface area contributed by atoms with Crippen LogP contribution in [0.4, 0.5) is 4.39 Å². The molecule has 2 nitrogen and oxygen atoms in total. The lowest BCUT2D eigenvalue weighted by Crippen LogP contribution is -2.09. The lowest BCUT2D eigenvalue weighted by atomic mass is 10.1. The Morgan fingerprint density at radius 3 is 3.00 bits per heavy atom. The molecule has 0 aliphatic carbocycles. The third-order valence-corrected chi connectivity index (χ3v) is 3.82. The number of hydrogen-bond donors (Lipinski definition) is 1. The fourth-order valence-electron chi connectivity index (χ4n) is 1.64. The van der Waals surface area contributed by atoms with Gasteiger partial charge in [0.25, 0.3) is 0 Å². The number of carboxylic acid groups (broad SMARTS) is 1. The number of hydrogen-bond acceptors (Lipinski definition) is 2. The molecule has 1 aromatic carbocycles. The second kappa shape index (κ2) is 4.02. The van der Waals surface area contributed by atoms with E-state index in [1.165, 1.54) is 17.8 Å². The van der Waals surface area contributed by atoms with E-state index in [1.807, 2.05) is 0 Å². The van der Waals surface area contributed by atoms with Gasteiger partial charge in [0.15, 0.2) is 5.82 Å². The summed E-state index contributed by atoms with van der Waals surface area (Å²) in [5.41, 5.74) is 0.567. The highest BCUT2D eigenvalue weighted by Crippen LogP contribution is 2.37. The predicted molar refractivity (Wildman–Crippen MR) is 57.4 cm³/mol. The molecule has 1 aliphatic rings. The van der Waals surface area contributed by atoms with Gasteiger partial charge in [-0.15, -0.1) is 11.8 Å². The van der Waals surface area contributed by atoms with Crippen molar-refractivity contribution in [3.05, 3.63) is 28.0 Å². The summed E-state index contributed by atoms with van der Waals surface area (Å²) in [6.07, 6.45) is 1.74. The third kappa shape index (κ3) is 1.84. The molecule has 0 aromatic heterocycles. The van der Waals surface area contributed by atoms with Gasteiger partial charge >= 0.3 is 5.97 Å². The molecule has 2 rings (SSSR count). The third-order valence-electron chi connectivity index (χ3n) is 2.30. The zero-order valence-electron chi connectivity index (χ0n) is 7.72. The lowest BCUT2D eigenvalue weighted by Gasteiger charge is -2.18. The van der Waals surface area contributed by atoms with Crippen LogP contribution in [0.1, 0.15) is 22.3 Å². The second-order valence-corrected chi connectivity index (χ2v) is 4.81. The van der Waals surface area contributed by atoms with Crippen LogP contribution in [-0.2, 0) is 6.42 Å². The van der Waals surface area contributed by atoms with E-state index >= 15 is 0 Å². The summed E-state index contributed by atoms with van der Waals surface area (Å²) in [5, 5.41) is 8.83. The number of aromatic carboxylic acids is 1. The molecule has 0 radical (unpaired) electrons. The molecule has 0 spiro atoms. The van der Waals surface area contributed by atoms with Gasteiger partial charge in [0.2, 0.25) is 0 Å². The Bertz CT molecular complexity index is 434. The molecule has 0 saturated heterocycles. The number of benzene rings is 1. The Hall–Kier alpha value is -0.740. The monoisotopic (exact) mass is 246 g/mol. The highest BCUT2D eigenvalue weighted by Gasteiger charge is 2.24. The number of fused-ring (bicyclic) bond motifs is 1. The Morgan fingerprint density at radius 1 is 1.60 bits per heavy atom. The van der Waals surface area contributed by atoms with Gasteiger partial charge in [-0.3, -0.25) is 0 Å². The van der Waals surface area contributed by atoms with Crippen molar-refractivity contribution in [2.75, 3.05) is 5.75 Å². The van der Waals surface area contributed by atoms with E-state index in [9.17, 15) is 9.18 Å². The van der Waals surface area contributed by atoms with Crippen LogP contribution in [0.5, 0.6) is 0 Å². The van der Waals surface area contributed by atoms with E-state index in [2.05, 4.69) is 0 Å². The average Bonchev–Trinajstić information content (AvgIpc) is 2.19. The minimum Gasteiger partial charge on any atom is -0.478 e. The van der Waals surface area contributed by atoms with Crippen molar-refractivity contribution in [2.45, 2.75) is 17.7 Å². The van der Waals surface area contributed by atoms with Crippen molar-refractivity contribution in [1.82, 2.24) is 0 Å². The number of rotatable bonds is 1. The van der Waals surface area contributed by atoms with Crippen molar-refractivity contribution in [3.63, 3.8) is 0 Å². The Balaban J connectivity index is 2.68. The molecule has 0 fully saturated rings. The Kier molecular flexibility index (Phi) is 2.89. The van der Waals surface area contributed by atoms with Crippen LogP contribution in [0.25, 0.3) is 0 Å². The van der Waals surface area contributed by atoms with Crippen molar-refractivity contribution in [1.29, 1.82) is 0 Å². The van der Waals surface area contributed by atoms with Gasteiger partial charge in [0.05, 0.1) is 5.02 Å². The number of thioether (sulfide) groups is 1. The topological polar surface area (TPSA) is 37.3 Å². The number of carboxylic acids is 1. The molecular weight excluding hydrogens is 239 g/mol. The van der Waals surface area contributed by atoms with Crippen molar-refractivity contribution >= 4 is 29.3 Å². The average molecular weight is 247 g/mol. The minimum absolute atomic E-state index is 0.103. The van der Waals surface area contributed by atoms with Crippen LogP contribution in [0.3, 0.4) is 0 Å². The summed E-state index contributed by atoms with van der Waals surface area (Å²) in [7, 11) is 0. The quantitative estimate of drug-likeness (QED) is 0.827. The van der Waals surface area contributed by atoms with Gasteiger partial charge in [-0.05, 0) is 30.2 Å². The first-order valence-corrected chi connectivity index (χ1v) is 5.84. The fraction of sp³-hybridized carbons (Fsp3) is 0.300. The molecule has 5 heteroatoms. The van der Waals surface area contributed by atoms with Crippen LogP contribution in [0, 0.1) is 5.82 Å². The number of aryl methyl sites for hydroxylation is 1. The first kappa shape index (κ1) is 10.8. The van der Waals surface area contributed by atoms with Crippen molar-refractivity contribution in [3.8, 4) is 0 Å². The molecule has 0 unspecified atom stereocenters. The molecular formula is C10H8ClFO2S. The van der Waals surface area contributed by atoms with Gasteiger partial charge in [0, 0.05) is 4.90 Å². The predicted octanol–water partition coefficient (Wildman–Crippen LogP) is 3.22. The van der Waals surface area contributed by atoms with Crippen molar-refractivity contribution < 1.29 is 14.3 Å². The van der Waals surface area contributed by atoms with Crippen LogP contribution in [-0.4, -0.2) is 16.8 Å². The van der Waals surface area contributed by atoms with Crippen LogP contribution in [0.2, 0.25) is 5.02 Å². The molecule has 1 aromatic rings. The maximum atomic E-state index is 13.5. The van der Waals surface area contributed by atoms with E-state index in [0.29, 0.717) is 4.90 Å². The molecule has 1 aliphatic heterocycles.